The Morgan fingerprint density at radius 2 is 2.07 bits per heavy atom. The third kappa shape index (κ3) is 4.03. The summed E-state index contributed by atoms with van der Waals surface area (Å²) >= 11 is 5.65. The van der Waals surface area contributed by atoms with E-state index in [0.717, 1.165) is 18.8 Å². The molecule has 3 nitrogen and oxygen atoms in total. The maximum atomic E-state index is 5.65. The van der Waals surface area contributed by atoms with Crippen LogP contribution in [-0.2, 0) is 6.54 Å². The Morgan fingerprint density at radius 3 is 2.57 bits per heavy atom. The lowest BCUT2D eigenvalue weighted by Crippen LogP contribution is -2.23. The van der Waals surface area contributed by atoms with Gasteiger partial charge in [-0.15, -0.1) is 0 Å². The second-order valence-corrected chi connectivity index (χ2v) is 4.31. The van der Waals surface area contributed by atoms with Crippen molar-refractivity contribution in [2.24, 2.45) is 5.92 Å². The van der Waals surface area contributed by atoms with Gasteiger partial charge in [0, 0.05) is 13.1 Å². The third-order valence-electron chi connectivity index (χ3n) is 1.78. The van der Waals surface area contributed by atoms with Gasteiger partial charge in [0.25, 0.3) is 0 Å². The molecule has 14 heavy (non-hydrogen) atoms. The van der Waals surface area contributed by atoms with Crippen molar-refractivity contribution >= 4 is 11.6 Å². The maximum Gasteiger partial charge on any atom is 0.147 e. The van der Waals surface area contributed by atoms with Gasteiger partial charge < -0.3 is 4.90 Å². The Balaban J connectivity index is 2.47. The third-order valence-corrected chi connectivity index (χ3v) is 1.98. The van der Waals surface area contributed by atoms with Gasteiger partial charge in [0.15, 0.2) is 0 Å². The van der Waals surface area contributed by atoms with Crippen LogP contribution in [0.2, 0.25) is 5.15 Å². The molecule has 0 aliphatic heterocycles. The highest BCUT2D eigenvalue weighted by atomic mass is 35.5. The van der Waals surface area contributed by atoms with Crippen molar-refractivity contribution in [2.45, 2.75) is 20.4 Å². The SMILES string of the molecule is CC(C)CN(C)Cc1cnc(Cl)cn1. The van der Waals surface area contributed by atoms with Gasteiger partial charge in [-0.25, -0.2) is 4.98 Å². The second kappa shape index (κ2) is 5.27. The fourth-order valence-corrected chi connectivity index (χ4v) is 1.48. The molecule has 0 amide bonds. The first-order valence-corrected chi connectivity index (χ1v) is 5.10. The zero-order valence-corrected chi connectivity index (χ0v) is 9.62. The first kappa shape index (κ1) is 11.4. The summed E-state index contributed by atoms with van der Waals surface area (Å²) < 4.78 is 0. The fourth-order valence-electron chi connectivity index (χ4n) is 1.39. The van der Waals surface area contributed by atoms with Crippen molar-refractivity contribution in [1.29, 1.82) is 0 Å². The van der Waals surface area contributed by atoms with E-state index in [-0.39, 0.29) is 0 Å². The van der Waals surface area contributed by atoms with Gasteiger partial charge >= 0.3 is 0 Å². The molecule has 0 saturated heterocycles. The van der Waals surface area contributed by atoms with Crippen LogP contribution in [0.1, 0.15) is 19.5 Å². The molecular formula is C10H16ClN3. The summed E-state index contributed by atoms with van der Waals surface area (Å²) in [6.45, 7) is 6.28. The summed E-state index contributed by atoms with van der Waals surface area (Å²) in [5.74, 6) is 0.667. The van der Waals surface area contributed by atoms with Gasteiger partial charge in [0.05, 0.1) is 18.1 Å². The summed E-state index contributed by atoms with van der Waals surface area (Å²) in [6, 6.07) is 0. The minimum Gasteiger partial charge on any atom is -0.300 e. The van der Waals surface area contributed by atoms with Gasteiger partial charge in [-0.05, 0) is 13.0 Å². The Bertz CT molecular complexity index is 271. The molecule has 1 heterocycles. The topological polar surface area (TPSA) is 29.0 Å². The number of rotatable bonds is 4. The van der Waals surface area contributed by atoms with E-state index in [0.29, 0.717) is 11.1 Å². The molecule has 0 aromatic carbocycles. The Morgan fingerprint density at radius 1 is 1.36 bits per heavy atom. The highest BCUT2D eigenvalue weighted by Crippen LogP contribution is 2.04. The molecule has 0 radical (unpaired) electrons. The number of hydrogen-bond donors (Lipinski definition) is 0. The molecule has 1 aromatic rings. The monoisotopic (exact) mass is 213 g/mol. The molecule has 1 aromatic heterocycles. The summed E-state index contributed by atoms with van der Waals surface area (Å²) in [6.07, 6.45) is 3.30. The van der Waals surface area contributed by atoms with Gasteiger partial charge in [0.1, 0.15) is 5.15 Å². The Labute approximate surface area is 90.1 Å². The zero-order chi connectivity index (χ0) is 10.6. The van der Waals surface area contributed by atoms with Crippen LogP contribution in [-0.4, -0.2) is 28.5 Å². The Kier molecular flexibility index (Phi) is 4.29. The molecule has 0 atom stereocenters. The molecule has 0 fully saturated rings. The van der Waals surface area contributed by atoms with Crippen LogP contribution in [0.15, 0.2) is 12.4 Å². The van der Waals surface area contributed by atoms with Crippen molar-refractivity contribution < 1.29 is 0 Å². The van der Waals surface area contributed by atoms with Crippen LogP contribution in [0.4, 0.5) is 0 Å². The van der Waals surface area contributed by atoms with Crippen LogP contribution in [0, 0.1) is 5.92 Å². The van der Waals surface area contributed by atoms with Crippen molar-refractivity contribution in [1.82, 2.24) is 14.9 Å². The lowest BCUT2D eigenvalue weighted by Gasteiger charge is -2.17. The standard InChI is InChI=1S/C10H16ClN3/c1-8(2)6-14(3)7-9-4-13-10(11)5-12-9/h4-5,8H,6-7H2,1-3H3. The van der Waals surface area contributed by atoms with Crippen LogP contribution in [0.25, 0.3) is 0 Å². The fraction of sp³-hybridized carbons (Fsp3) is 0.600. The largest absolute Gasteiger partial charge is 0.300 e. The number of halogens is 1. The van der Waals surface area contributed by atoms with E-state index >= 15 is 0 Å². The first-order chi connectivity index (χ1) is 6.58. The second-order valence-electron chi connectivity index (χ2n) is 3.92. The van der Waals surface area contributed by atoms with Gasteiger partial charge in [0.2, 0.25) is 0 Å². The Hall–Kier alpha value is -0.670. The molecule has 0 saturated carbocycles. The molecule has 0 aliphatic rings. The molecule has 1 rings (SSSR count). The summed E-state index contributed by atoms with van der Waals surface area (Å²) in [4.78, 5) is 10.4. The minimum absolute atomic E-state index is 0.445. The van der Waals surface area contributed by atoms with Gasteiger partial charge in [-0.3, -0.25) is 4.98 Å². The lowest BCUT2D eigenvalue weighted by atomic mass is 10.2. The van der Waals surface area contributed by atoms with E-state index in [1.807, 2.05) is 0 Å². The van der Waals surface area contributed by atoms with Gasteiger partial charge in [-0.2, -0.15) is 0 Å². The number of hydrogen-bond acceptors (Lipinski definition) is 3. The summed E-state index contributed by atoms with van der Waals surface area (Å²) in [7, 11) is 2.08. The summed E-state index contributed by atoms with van der Waals surface area (Å²) in [5, 5.41) is 0.445. The molecule has 0 unspecified atom stereocenters. The van der Waals surface area contributed by atoms with Crippen molar-refractivity contribution in [3.05, 3.63) is 23.2 Å². The molecule has 4 heteroatoms. The van der Waals surface area contributed by atoms with Crippen LogP contribution < -0.4 is 0 Å². The number of aromatic nitrogens is 2. The predicted octanol–water partition coefficient (Wildman–Crippen LogP) is 2.22. The highest BCUT2D eigenvalue weighted by molar-refractivity contribution is 6.29. The van der Waals surface area contributed by atoms with Gasteiger partial charge in [-0.1, -0.05) is 25.4 Å². The molecule has 0 aliphatic carbocycles. The van der Waals surface area contributed by atoms with E-state index < -0.39 is 0 Å². The average Bonchev–Trinajstić information content (AvgIpc) is 2.07. The van der Waals surface area contributed by atoms with Crippen LogP contribution in [0.3, 0.4) is 0 Å². The van der Waals surface area contributed by atoms with Crippen LogP contribution in [0.5, 0.6) is 0 Å². The first-order valence-electron chi connectivity index (χ1n) is 4.73. The molecule has 0 bridgehead atoms. The lowest BCUT2D eigenvalue weighted by molar-refractivity contribution is 0.285. The smallest absolute Gasteiger partial charge is 0.147 e. The van der Waals surface area contributed by atoms with Crippen LogP contribution >= 0.6 is 11.6 Å². The normalized spacial score (nSPS) is 11.3. The zero-order valence-electron chi connectivity index (χ0n) is 8.87. The van der Waals surface area contributed by atoms with Crippen molar-refractivity contribution in [3.8, 4) is 0 Å². The molecular weight excluding hydrogens is 198 g/mol. The van der Waals surface area contributed by atoms with E-state index in [9.17, 15) is 0 Å². The summed E-state index contributed by atoms with van der Waals surface area (Å²) in [5.41, 5.74) is 0.956. The number of nitrogens with zero attached hydrogens (tertiary/aromatic N) is 3. The molecule has 0 N–H and O–H groups in total. The van der Waals surface area contributed by atoms with E-state index in [4.69, 9.17) is 11.6 Å². The average molecular weight is 214 g/mol. The quantitative estimate of drug-likeness (QED) is 0.768. The molecule has 0 spiro atoms. The highest BCUT2D eigenvalue weighted by Gasteiger charge is 2.03. The van der Waals surface area contributed by atoms with Crippen molar-refractivity contribution in [2.75, 3.05) is 13.6 Å². The molecule has 78 valence electrons. The predicted molar refractivity (Wildman–Crippen MR) is 58.2 cm³/mol. The van der Waals surface area contributed by atoms with E-state index in [1.165, 1.54) is 0 Å². The minimum atomic E-state index is 0.445. The van der Waals surface area contributed by atoms with E-state index in [1.54, 1.807) is 12.4 Å². The van der Waals surface area contributed by atoms with E-state index in [2.05, 4.69) is 35.8 Å². The maximum absolute atomic E-state index is 5.65. The van der Waals surface area contributed by atoms with Crippen molar-refractivity contribution in [3.63, 3.8) is 0 Å².